The number of rotatable bonds is 4. The lowest BCUT2D eigenvalue weighted by Crippen LogP contribution is -2.00. The lowest BCUT2D eigenvalue weighted by Gasteiger charge is -2.08. The summed E-state index contributed by atoms with van der Waals surface area (Å²) in [5.74, 6) is 0. The number of aromatic nitrogens is 1. The van der Waals surface area contributed by atoms with Crippen LogP contribution in [0.2, 0.25) is 0 Å². The predicted octanol–water partition coefficient (Wildman–Crippen LogP) is 5.80. The van der Waals surface area contributed by atoms with Gasteiger partial charge in [-0.1, -0.05) is 42.5 Å². The molecule has 0 bridgehead atoms. The molecule has 0 spiro atoms. The molecule has 0 aliphatic heterocycles. The van der Waals surface area contributed by atoms with E-state index in [0.717, 1.165) is 11.3 Å². The molecule has 2 aromatic carbocycles. The molecule has 2 heteroatoms. The molecule has 23 heavy (non-hydrogen) atoms. The highest BCUT2D eigenvalue weighted by molar-refractivity contribution is 5.82. The highest BCUT2D eigenvalue weighted by Crippen LogP contribution is 2.22. The molecule has 0 saturated carbocycles. The van der Waals surface area contributed by atoms with E-state index in [9.17, 15) is 0 Å². The second kappa shape index (κ2) is 6.66. The van der Waals surface area contributed by atoms with E-state index >= 15 is 0 Å². The van der Waals surface area contributed by atoms with Crippen molar-refractivity contribution in [1.82, 2.24) is 4.57 Å². The molecule has 3 rings (SSSR count). The van der Waals surface area contributed by atoms with Gasteiger partial charge in [-0.2, -0.15) is 0 Å². The summed E-state index contributed by atoms with van der Waals surface area (Å²) >= 11 is 0. The van der Waals surface area contributed by atoms with E-state index in [2.05, 4.69) is 91.1 Å². The van der Waals surface area contributed by atoms with Crippen LogP contribution in [0.1, 0.15) is 31.1 Å². The van der Waals surface area contributed by atoms with Crippen LogP contribution in [-0.2, 0) is 0 Å². The van der Waals surface area contributed by atoms with Crippen molar-refractivity contribution in [1.29, 1.82) is 0 Å². The summed E-state index contributed by atoms with van der Waals surface area (Å²) in [6.45, 7) is 6.51. The number of aliphatic imine (C=N–C) groups is 1. The van der Waals surface area contributed by atoms with Crippen molar-refractivity contribution in [2.75, 3.05) is 0 Å². The standard InChI is InChI=1S/C21H22N2/c1-16(2)23-15-18(13-17(23)3)14-22-21-11-9-20(10-12-21)19-7-5-4-6-8-19/h4-16H,1-3H3. The minimum absolute atomic E-state index is 0.474. The Hall–Kier alpha value is -2.61. The normalized spacial score (nSPS) is 11.5. The van der Waals surface area contributed by atoms with E-state index in [-0.39, 0.29) is 0 Å². The summed E-state index contributed by atoms with van der Waals surface area (Å²) in [7, 11) is 0. The molecule has 0 N–H and O–H groups in total. The topological polar surface area (TPSA) is 17.3 Å². The van der Waals surface area contributed by atoms with Gasteiger partial charge >= 0.3 is 0 Å². The average molecular weight is 302 g/mol. The summed E-state index contributed by atoms with van der Waals surface area (Å²) in [6, 6.07) is 21.4. The Balaban J connectivity index is 1.77. The van der Waals surface area contributed by atoms with Gasteiger partial charge in [-0.25, -0.2) is 0 Å². The maximum Gasteiger partial charge on any atom is 0.0630 e. The van der Waals surface area contributed by atoms with Crippen LogP contribution in [-0.4, -0.2) is 10.8 Å². The minimum Gasteiger partial charge on any atom is -0.349 e. The highest BCUT2D eigenvalue weighted by atomic mass is 15.0. The van der Waals surface area contributed by atoms with Crippen molar-refractivity contribution in [2.24, 2.45) is 4.99 Å². The zero-order valence-electron chi connectivity index (χ0n) is 13.9. The SMILES string of the molecule is Cc1cc(C=Nc2ccc(-c3ccccc3)cc2)cn1C(C)C. The van der Waals surface area contributed by atoms with Gasteiger partial charge in [0, 0.05) is 29.7 Å². The molecule has 0 atom stereocenters. The first kappa shape index (κ1) is 15.3. The number of hydrogen-bond donors (Lipinski definition) is 0. The maximum absolute atomic E-state index is 4.59. The number of hydrogen-bond acceptors (Lipinski definition) is 1. The van der Waals surface area contributed by atoms with Gasteiger partial charge in [-0.05, 0) is 50.1 Å². The van der Waals surface area contributed by atoms with E-state index in [0.29, 0.717) is 6.04 Å². The third-order valence-corrected chi connectivity index (χ3v) is 3.96. The van der Waals surface area contributed by atoms with Gasteiger partial charge in [-0.15, -0.1) is 0 Å². The molecular formula is C21H22N2. The largest absolute Gasteiger partial charge is 0.349 e. The van der Waals surface area contributed by atoms with Crippen LogP contribution in [0.3, 0.4) is 0 Å². The highest BCUT2D eigenvalue weighted by Gasteiger charge is 2.03. The Labute approximate surface area is 138 Å². The fourth-order valence-electron chi connectivity index (χ4n) is 2.76. The first-order chi connectivity index (χ1) is 11.1. The van der Waals surface area contributed by atoms with Gasteiger partial charge in [0.05, 0.1) is 5.69 Å². The van der Waals surface area contributed by atoms with Crippen LogP contribution in [0.5, 0.6) is 0 Å². The van der Waals surface area contributed by atoms with Crippen LogP contribution >= 0.6 is 0 Å². The fraction of sp³-hybridized carbons (Fsp3) is 0.190. The fourth-order valence-corrected chi connectivity index (χ4v) is 2.76. The smallest absolute Gasteiger partial charge is 0.0630 e. The lowest BCUT2D eigenvalue weighted by molar-refractivity contribution is 0.589. The Kier molecular flexibility index (Phi) is 4.42. The summed E-state index contributed by atoms with van der Waals surface area (Å²) in [5, 5.41) is 0. The van der Waals surface area contributed by atoms with E-state index < -0.39 is 0 Å². The van der Waals surface area contributed by atoms with Crippen molar-refractivity contribution in [3.8, 4) is 11.1 Å². The van der Waals surface area contributed by atoms with E-state index in [1.54, 1.807) is 0 Å². The van der Waals surface area contributed by atoms with Crippen molar-refractivity contribution in [2.45, 2.75) is 26.8 Å². The zero-order chi connectivity index (χ0) is 16.2. The molecule has 0 unspecified atom stereocenters. The van der Waals surface area contributed by atoms with E-state index in [4.69, 9.17) is 0 Å². The van der Waals surface area contributed by atoms with Gasteiger partial charge in [-0.3, -0.25) is 4.99 Å². The molecule has 116 valence electrons. The van der Waals surface area contributed by atoms with Gasteiger partial charge in [0.25, 0.3) is 0 Å². The zero-order valence-corrected chi connectivity index (χ0v) is 13.9. The molecule has 0 amide bonds. The summed E-state index contributed by atoms with van der Waals surface area (Å²) < 4.78 is 2.26. The van der Waals surface area contributed by atoms with Crippen LogP contribution < -0.4 is 0 Å². The minimum atomic E-state index is 0.474. The first-order valence-corrected chi connectivity index (χ1v) is 8.01. The van der Waals surface area contributed by atoms with Gasteiger partial charge in [0.15, 0.2) is 0 Å². The number of benzene rings is 2. The molecular weight excluding hydrogens is 280 g/mol. The van der Waals surface area contributed by atoms with Crippen LogP contribution in [0.25, 0.3) is 11.1 Å². The number of aryl methyl sites for hydroxylation is 1. The Morgan fingerprint density at radius 3 is 2.17 bits per heavy atom. The molecule has 0 radical (unpaired) electrons. The molecule has 1 aromatic heterocycles. The van der Waals surface area contributed by atoms with E-state index in [1.807, 2.05) is 12.3 Å². The molecule has 0 saturated heterocycles. The molecule has 0 aliphatic rings. The molecule has 2 nitrogen and oxygen atoms in total. The van der Waals surface area contributed by atoms with Crippen molar-refractivity contribution in [3.63, 3.8) is 0 Å². The Morgan fingerprint density at radius 2 is 1.57 bits per heavy atom. The van der Waals surface area contributed by atoms with Gasteiger partial charge in [0.2, 0.25) is 0 Å². The summed E-state index contributed by atoms with van der Waals surface area (Å²) in [4.78, 5) is 4.59. The molecule has 0 fully saturated rings. The average Bonchev–Trinajstić information content (AvgIpc) is 2.95. The Bertz CT molecular complexity index is 794. The summed E-state index contributed by atoms with van der Waals surface area (Å²) in [5.41, 5.74) is 5.82. The molecule has 3 aromatic rings. The van der Waals surface area contributed by atoms with Crippen molar-refractivity contribution < 1.29 is 0 Å². The Morgan fingerprint density at radius 1 is 0.913 bits per heavy atom. The van der Waals surface area contributed by atoms with Crippen LogP contribution in [0.4, 0.5) is 5.69 Å². The van der Waals surface area contributed by atoms with Crippen molar-refractivity contribution >= 4 is 11.9 Å². The third-order valence-electron chi connectivity index (χ3n) is 3.96. The van der Waals surface area contributed by atoms with Crippen LogP contribution in [0, 0.1) is 6.92 Å². The molecule has 0 aliphatic carbocycles. The second-order valence-electron chi connectivity index (χ2n) is 6.09. The van der Waals surface area contributed by atoms with Crippen LogP contribution in [0.15, 0.2) is 71.9 Å². The van der Waals surface area contributed by atoms with Gasteiger partial charge < -0.3 is 4.57 Å². The predicted molar refractivity (Wildman–Crippen MR) is 98.7 cm³/mol. The summed E-state index contributed by atoms with van der Waals surface area (Å²) in [6.07, 6.45) is 4.09. The van der Waals surface area contributed by atoms with Gasteiger partial charge in [0.1, 0.15) is 0 Å². The van der Waals surface area contributed by atoms with E-state index in [1.165, 1.54) is 16.8 Å². The lowest BCUT2D eigenvalue weighted by atomic mass is 10.1. The number of nitrogens with zero attached hydrogens (tertiary/aromatic N) is 2. The first-order valence-electron chi connectivity index (χ1n) is 8.01. The quantitative estimate of drug-likeness (QED) is 0.542. The maximum atomic E-state index is 4.59. The van der Waals surface area contributed by atoms with Crippen molar-refractivity contribution in [3.05, 3.63) is 78.1 Å². The second-order valence-corrected chi connectivity index (χ2v) is 6.09. The molecule has 1 heterocycles. The monoisotopic (exact) mass is 302 g/mol. The third kappa shape index (κ3) is 3.59.